The van der Waals surface area contributed by atoms with E-state index in [1.54, 1.807) is 6.08 Å². The molecule has 0 radical (unpaired) electrons. The monoisotopic (exact) mass is 1140 g/mol. The second kappa shape index (κ2) is 61.2. The summed E-state index contributed by atoms with van der Waals surface area (Å²) in [5.74, 6) is -0.195. The standard InChI is InChI=1S/C71H131N2O6P/c1-6-8-10-12-14-16-18-20-22-24-26-28-30-31-32-33-34-35-36-37-38-39-40-41-43-45-47-49-51-53-55-57-59-61-63-65-71(75)72-69(68-79-80(76,77)78-67-66-73(3,4)5)70(74)64-62-60-58-56-54-52-50-48-46-44-42-29-27-25-23-21-19-17-15-13-11-9-7-2/h8,10,14,16,20,22,26,28,31-32,34-35,62,64,69-70,74H,6-7,9,11-13,15,17-19,21,23-25,27,29-30,33,36-61,63,65-68H2,1-5H3,(H-,72,75,76,77)/b10-8-,16-14-,22-20-,28-26-,32-31-,35-34-,64-62+. The van der Waals surface area contributed by atoms with E-state index in [9.17, 15) is 19.4 Å². The van der Waals surface area contributed by atoms with Gasteiger partial charge in [-0.2, -0.15) is 0 Å². The highest BCUT2D eigenvalue weighted by atomic mass is 31.2. The molecule has 0 saturated heterocycles. The van der Waals surface area contributed by atoms with Crippen LogP contribution in [0.1, 0.15) is 309 Å². The van der Waals surface area contributed by atoms with Crippen LogP contribution < -0.4 is 10.2 Å². The van der Waals surface area contributed by atoms with Crippen LogP contribution in [-0.4, -0.2) is 68.5 Å². The zero-order chi connectivity index (χ0) is 58.4. The molecule has 0 saturated carbocycles. The number of nitrogens with one attached hydrogen (secondary N) is 1. The Labute approximate surface area is 497 Å². The van der Waals surface area contributed by atoms with E-state index in [1.165, 1.54) is 212 Å². The van der Waals surface area contributed by atoms with Crippen LogP contribution in [0.2, 0.25) is 0 Å². The number of allylic oxidation sites excluding steroid dienone is 13. The van der Waals surface area contributed by atoms with Crippen LogP contribution in [0, 0.1) is 0 Å². The number of nitrogens with zero attached hydrogens (tertiary/aromatic N) is 1. The van der Waals surface area contributed by atoms with Crippen molar-refractivity contribution >= 4 is 13.7 Å². The molecule has 0 aromatic heterocycles. The molecule has 3 atom stereocenters. The SMILES string of the molecule is CC/C=C\C/C=C\C/C=C\C/C=C\C/C=C\C/C=C\CCCCCCCCCCCCCCCCCCC(=O)NC(COP(=O)([O-])OCC[N+](C)(C)C)C(O)/C=C/CCCCCCCCCCCCCCCCCCCCCCC. The first-order valence-corrected chi connectivity index (χ1v) is 35.4. The lowest BCUT2D eigenvalue weighted by Crippen LogP contribution is -2.45. The minimum atomic E-state index is -4.61. The molecular formula is C71H131N2O6P. The molecule has 8 nitrogen and oxygen atoms in total. The van der Waals surface area contributed by atoms with Gasteiger partial charge in [-0.25, -0.2) is 0 Å². The fourth-order valence-corrected chi connectivity index (χ4v) is 10.6. The molecule has 2 N–H and O–H groups in total. The average Bonchev–Trinajstić information content (AvgIpc) is 3.42. The molecule has 3 unspecified atom stereocenters. The number of aliphatic hydroxyl groups excluding tert-OH is 1. The zero-order valence-electron chi connectivity index (χ0n) is 53.3. The summed E-state index contributed by atoms with van der Waals surface area (Å²) in [4.78, 5) is 25.6. The van der Waals surface area contributed by atoms with Gasteiger partial charge in [0.1, 0.15) is 13.2 Å². The number of likely N-dealkylation sites (N-methyl/N-ethyl adjacent to an activating group) is 1. The molecular weight excluding hydrogens is 1010 g/mol. The van der Waals surface area contributed by atoms with Gasteiger partial charge in [0, 0.05) is 6.42 Å². The van der Waals surface area contributed by atoms with Gasteiger partial charge in [-0.3, -0.25) is 9.36 Å². The summed E-state index contributed by atoms with van der Waals surface area (Å²) >= 11 is 0. The van der Waals surface area contributed by atoms with Gasteiger partial charge in [0.2, 0.25) is 5.91 Å². The first-order chi connectivity index (χ1) is 39.0. The fourth-order valence-electron chi connectivity index (χ4n) is 9.87. The molecule has 0 aromatic carbocycles. The third kappa shape index (κ3) is 63.3. The van der Waals surface area contributed by atoms with E-state index in [0.29, 0.717) is 17.4 Å². The lowest BCUT2D eigenvalue weighted by atomic mass is 10.0. The second-order valence-corrected chi connectivity index (χ2v) is 25.6. The highest BCUT2D eigenvalue weighted by Crippen LogP contribution is 2.38. The van der Waals surface area contributed by atoms with Crippen molar-refractivity contribution in [1.82, 2.24) is 5.32 Å². The maximum atomic E-state index is 13.0. The Balaban J connectivity index is 4.07. The number of hydrogen-bond donors (Lipinski definition) is 2. The molecule has 80 heavy (non-hydrogen) atoms. The molecule has 0 bridgehead atoms. The molecule has 0 fully saturated rings. The topological polar surface area (TPSA) is 108 Å². The molecule has 0 spiro atoms. The minimum Gasteiger partial charge on any atom is -0.756 e. The van der Waals surface area contributed by atoms with Crippen LogP contribution in [0.5, 0.6) is 0 Å². The highest BCUT2D eigenvalue weighted by molar-refractivity contribution is 7.45. The molecule has 0 aliphatic heterocycles. The van der Waals surface area contributed by atoms with E-state index >= 15 is 0 Å². The van der Waals surface area contributed by atoms with Crippen LogP contribution in [0.15, 0.2) is 85.1 Å². The van der Waals surface area contributed by atoms with Gasteiger partial charge in [0.15, 0.2) is 0 Å². The summed E-state index contributed by atoms with van der Waals surface area (Å²) in [7, 11) is 1.27. The third-order valence-electron chi connectivity index (χ3n) is 15.1. The van der Waals surface area contributed by atoms with Crippen molar-refractivity contribution in [3.63, 3.8) is 0 Å². The largest absolute Gasteiger partial charge is 0.756 e. The maximum absolute atomic E-state index is 13.0. The van der Waals surface area contributed by atoms with Crippen LogP contribution in [0.4, 0.5) is 0 Å². The summed E-state index contributed by atoms with van der Waals surface area (Å²) in [6.45, 7) is 4.57. The fraction of sp³-hybridized carbons (Fsp3) is 0.789. The summed E-state index contributed by atoms with van der Waals surface area (Å²) in [6, 6.07) is -0.891. The maximum Gasteiger partial charge on any atom is 0.268 e. The quantitative estimate of drug-likeness (QED) is 0.0272. The number of aliphatic hydroxyl groups is 1. The Hall–Kier alpha value is -2.32. The molecule has 0 heterocycles. The third-order valence-corrected chi connectivity index (χ3v) is 16.1. The number of amides is 1. The molecule has 1 amide bonds. The van der Waals surface area contributed by atoms with Gasteiger partial charge in [-0.1, -0.05) is 317 Å². The van der Waals surface area contributed by atoms with E-state index < -0.39 is 20.0 Å². The zero-order valence-corrected chi connectivity index (χ0v) is 54.2. The van der Waals surface area contributed by atoms with Crippen LogP contribution in [0.25, 0.3) is 0 Å². The normalized spacial score (nSPS) is 14.2. The second-order valence-electron chi connectivity index (χ2n) is 24.2. The van der Waals surface area contributed by atoms with Crippen molar-refractivity contribution in [1.29, 1.82) is 0 Å². The van der Waals surface area contributed by atoms with Gasteiger partial charge in [0.05, 0.1) is 39.9 Å². The number of carbonyl (C=O) groups excluding carboxylic acids is 1. The van der Waals surface area contributed by atoms with Crippen molar-refractivity contribution in [2.75, 3.05) is 40.9 Å². The average molecular weight is 1140 g/mol. The van der Waals surface area contributed by atoms with Gasteiger partial charge < -0.3 is 28.8 Å². The number of carbonyl (C=O) groups is 1. The van der Waals surface area contributed by atoms with E-state index in [0.717, 1.165) is 77.0 Å². The first-order valence-electron chi connectivity index (χ1n) is 33.9. The predicted octanol–water partition coefficient (Wildman–Crippen LogP) is 20.9. The number of rotatable bonds is 62. The Morgan fingerprint density at radius 2 is 0.762 bits per heavy atom. The van der Waals surface area contributed by atoms with Crippen molar-refractivity contribution < 1.29 is 32.9 Å². The molecule has 0 aromatic rings. The van der Waals surface area contributed by atoms with Gasteiger partial charge in [-0.05, 0) is 70.6 Å². The van der Waals surface area contributed by atoms with E-state index in [4.69, 9.17) is 9.05 Å². The number of hydrogen-bond acceptors (Lipinski definition) is 6. The molecule has 466 valence electrons. The summed E-state index contributed by atoms with van der Waals surface area (Å²) in [5, 5.41) is 14.0. The highest BCUT2D eigenvalue weighted by Gasteiger charge is 2.23. The lowest BCUT2D eigenvalue weighted by molar-refractivity contribution is -0.870. The van der Waals surface area contributed by atoms with Crippen LogP contribution in [0.3, 0.4) is 0 Å². The first kappa shape index (κ1) is 77.7. The number of phosphoric ester groups is 1. The Morgan fingerprint density at radius 3 is 1.11 bits per heavy atom. The van der Waals surface area contributed by atoms with Gasteiger partial charge in [-0.15, -0.1) is 0 Å². The van der Waals surface area contributed by atoms with Crippen molar-refractivity contribution in [2.24, 2.45) is 0 Å². The number of quaternary nitrogens is 1. The lowest BCUT2D eigenvalue weighted by Gasteiger charge is -2.29. The van der Waals surface area contributed by atoms with E-state index in [1.807, 2.05) is 27.2 Å². The van der Waals surface area contributed by atoms with E-state index in [2.05, 4.69) is 92.1 Å². The summed E-state index contributed by atoms with van der Waals surface area (Å²) < 4.78 is 23.4. The Bertz CT molecular complexity index is 1580. The predicted molar refractivity (Wildman–Crippen MR) is 348 cm³/mol. The van der Waals surface area contributed by atoms with Gasteiger partial charge >= 0.3 is 0 Å². The van der Waals surface area contributed by atoms with Crippen molar-refractivity contribution in [3.8, 4) is 0 Å². The minimum absolute atomic E-state index is 0.00224. The van der Waals surface area contributed by atoms with Crippen LogP contribution in [-0.2, 0) is 18.4 Å². The molecule has 0 rings (SSSR count). The molecule has 9 heteroatoms. The Kier molecular flexibility index (Phi) is 59.5. The molecule has 0 aliphatic rings. The smallest absolute Gasteiger partial charge is 0.268 e. The van der Waals surface area contributed by atoms with Crippen molar-refractivity contribution in [2.45, 2.75) is 321 Å². The number of unbranched alkanes of at least 4 members (excludes halogenated alkanes) is 37. The summed E-state index contributed by atoms with van der Waals surface area (Å²) in [6.07, 6.45) is 86.9. The van der Waals surface area contributed by atoms with Crippen molar-refractivity contribution in [3.05, 3.63) is 85.1 Å². The van der Waals surface area contributed by atoms with E-state index in [-0.39, 0.29) is 19.1 Å². The molecule has 0 aliphatic carbocycles. The summed E-state index contributed by atoms with van der Waals surface area (Å²) in [5.41, 5.74) is 0. The van der Waals surface area contributed by atoms with Gasteiger partial charge in [0.25, 0.3) is 7.82 Å². The number of phosphoric acid groups is 1. The Morgan fingerprint density at radius 1 is 0.450 bits per heavy atom. The van der Waals surface area contributed by atoms with Crippen LogP contribution >= 0.6 is 7.82 Å².